The van der Waals surface area contributed by atoms with E-state index in [0.717, 1.165) is 0 Å². The molecule has 7 nitrogen and oxygen atoms in total. The predicted octanol–water partition coefficient (Wildman–Crippen LogP) is 0.419. The van der Waals surface area contributed by atoms with E-state index in [1.54, 1.807) is 0 Å². The molecular weight excluding hydrogens is 309 g/mol. The van der Waals surface area contributed by atoms with Crippen LogP contribution in [0.25, 0.3) is 0 Å². The van der Waals surface area contributed by atoms with E-state index in [1.807, 2.05) is 0 Å². The van der Waals surface area contributed by atoms with Crippen LogP contribution in [0.3, 0.4) is 0 Å². The van der Waals surface area contributed by atoms with Crippen molar-refractivity contribution in [3.8, 4) is 0 Å². The molecule has 0 radical (unpaired) electrons. The van der Waals surface area contributed by atoms with Crippen LogP contribution in [0, 0.1) is 0 Å². The van der Waals surface area contributed by atoms with E-state index >= 15 is 0 Å². The van der Waals surface area contributed by atoms with Gasteiger partial charge in [-0.1, -0.05) is 17.2 Å². The van der Waals surface area contributed by atoms with Crippen LogP contribution in [0.1, 0.15) is 20.7 Å². The Kier molecular flexibility index (Phi) is 3.85. The minimum absolute atomic E-state index is 0.000345. The number of hydrogen-bond acceptors (Lipinski definition) is 5. The highest BCUT2D eigenvalue weighted by Gasteiger charge is 2.40. The van der Waals surface area contributed by atoms with Crippen LogP contribution in [-0.2, 0) is 14.4 Å². The van der Waals surface area contributed by atoms with Gasteiger partial charge in [-0.25, -0.2) is 4.79 Å². The van der Waals surface area contributed by atoms with Gasteiger partial charge in [-0.05, 0) is 12.1 Å². The lowest BCUT2D eigenvalue weighted by Gasteiger charge is -2.13. The minimum atomic E-state index is -5.16. The van der Waals surface area contributed by atoms with Gasteiger partial charge in [0.05, 0.1) is 11.1 Å². The summed E-state index contributed by atoms with van der Waals surface area (Å²) < 4.78 is 35.8. The largest absolute Gasteiger partial charge is 0.471 e. The lowest BCUT2D eigenvalue weighted by Crippen LogP contribution is -2.42. The third-order valence-corrected chi connectivity index (χ3v) is 2.60. The standard InChI is InChI=1S/C12H7F3N2O5/c13-12(14,15)11(21)16-5-8(18)22-17-9(19)6-3-1-2-4-7(6)10(17)20/h1-4H,5H2,(H,16,21). The average Bonchev–Trinajstić information content (AvgIpc) is 2.69. The number of imide groups is 1. The number of fused-ring (bicyclic) bond motifs is 1. The lowest BCUT2D eigenvalue weighted by atomic mass is 10.1. The Morgan fingerprint density at radius 3 is 2.05 bits per heavy atom. The summed E-state index contributed by atoms with van der Waals surface area (Å²) in [5.41, 5.74) is -0.000691. The maximum atomic E-state index is 11.9. The van der Waals surface area contributed by atoms with Crippen molar-refractivity contribution in [2.45, 2.75) is 6.18 Å². The molecule has 0 unspecified atom stereocenters. The van der Waals surface area contributed by atoms with Crippen molar-refractivity contribution in [3.63, 3.8) is 0 Å². The van der Waals surface area contributed by atoms with E-state index in [2.05, 4.69) is 4.84 Å². The topological polar surface area (TPSA) is 92.8 Å². The molecule has 0 spiro atoms. The molecule has 0 saturated heterocycles. The zero-order chi connectivity index (χ0) is 16.5. The number of alkyl halides is 3. The van der Waals surface area contributed by atoms with Gasteiger partial charge < -0.3 is 10.2 Å². The molecular formula is C12H7F3N2O5. The second-order valence-electron chi connectivity index (χ2n) is 4.09. The third kappa shape index (κ3) is 2.90. The SMILES string of the molecule is O=C(CNC(=O)C(F)(F)F)ON1C(=O)c2ccccc2C1=O. The molecule has 1 aromatic carbocycles. The molecule has 1 aliphatic rings. The number of carbonyl (C=O) groups excluding carboxylic acids is 4. The van der Waals surface area contributed by atoms with Crippen molar-refractivity contribution in [2.24, 2.45) is 0 Å². The summed E-state index contributed by atoms with van der Waals surface area (Å²) in [6, 6.07) is 5.63. The van der Waals surface area contributed by atoms with Crippen LogP contribution in [0.5, 0.6) is 0 Å². The molecule has 22 heavy (non-hydrogen) atoms. The smallest absolute Gasteiger partial charge is 0.337 e. The maximum Gasteiger partial charge on any atom is 0.471 e. The van der Waals surface area contributed by atoms with E-state index in [-0.39, 0.29) is 16.2 Å². The van der Waals surface area contributed by atoms with Crippen LogP contribution in [-0.4, -0.2) is 41.5 Å². The molecule has 0 bridgehead atoms. The van der Waals surface area contributed by atoms with Gasteiger partial charge in [0.1, 0.15) is 6.54 Å². The number of carbonyl (C=O) groups is 4. The summed E-state index contributed by atoms with van der Waals surface area (Å²) in [7, 11) is 0. The van der Waals surface area contributed by atoms with Crippen LogP contribution in [0.15, 0.2) is 24.3 Å². The fourth-order valence-corrected chi connectivity index (χ4v) is 1.64. The first-order valence-corrected chi connectivity index (χ1v) is 5.75. The molecule has 2 rings (SSSR count). The molecule has 3 amide bonds. The Hall–Kier alpha value is -2.91. The van der Waals surface area contributed by atoms with Gasteiger partial charge >= 0.3 is 18.1 Å². The second kappa shape index (κ2) is 5.47. The van der Waals surface area contributed by atoms with Gasteiger partial charge in [0.15, 0.2) is 0 Å². The van der Waals surface area contributed by atoms with E-state index in [1.165, 1.54) is 29.6 Å². The van der Waals surface area contributed by atoms with E-state index in [0.29, 0.717) is 0 Å². The quantitative estimate of drug-likeness (QED) is 0.816. The van der Waals surface area contributed by atoms with Crippen LogP contribution < -0.4 is 5.32 Å². The van der Waals surface area contributed by atoms with E-state index < -0.39 is 36.4 Å². The normalized spacial score (nSPS) is 13.9. The van der Waals surface area contributed by atoms with Crippen molar-refractivity contribution in [1.29, 1.82) is 0 Å². The second-order valence-corrected chi connectivity index (χ2v) is 4.09. The summed E-state index contributed by atoms with van der Waals surface area (Å²) in [5.74, 6) is -5.58. The van der Waals surface area contributed by atoms with Crippen molar-refractivity contribution >= 4 is 23.7 Å². The van der Waals surface area contributed by atoms with Crippen LogP contribution in [0.2, 0.25) is 0 Å². The summed E-state index contributed by atoms with van der Waals surface area (Å²) in [6.45, 7) is -1.15. The first kappa shape index (κ1) is 15.5. The molecule has 0 aromatic heterocycles. The number of nitrogens with one attached hydrogen (secondary N) is 1. The molecule has 116 valence electrons. The van der Waals surface area contributed by atoms with E-state index in [4.69, 9.17) is 0 Å². The monoisotopic (exact) mass is 316 g/mol. The predicted molar refractivity (Wildman–Crippen MR) is 62.1 cm³/mol. The molecule has 0 fully saturated rings. The van der Waals surface area contributed by atoms with Gasteiger partial charge in [0.25, 0.3) is 11.8 Å². The third-order valence-electron chi connectivity index (χ3n) is 2.60. The zero-order valence-corrected chi connectivity index (χ0v) is 10.6. The number of rotatable bonds is 3. The highest BCUT2D eigenvalue weighted by molar-refractivity contribution is 6.20. The van der Waals surface area contributed by atoms with Crippen molar-refractivity contribution in [2.75, 3.05) is 6.54 Å². The first-order valence-electron chi connectivity index (χ1n) is 5.75. The minimum Gasteiger partial charge on any atom is -0.337 e. The van der Waals surface area contributed by atoms with Gasteiger partial charge in [-0.2, -0.15) is 13.2 Å². The van der Waals surface area contributed by atoms with Crippen molar-refractivity contribution in [1.82, 2.24) is 10.4 Å². The maximum absolute atomic E-state index is 11.9. The number of amides is 3. The molecule has 0 atom stereocenters. The number of nitrogens with zero attached hydrogens (tertiary/aromatic N) is 1. The Morgan fingerprint density at radius 2 is 1.59 bits per heavy atom. The fraction of sp³-hybridized carbons (Fsp3) is 0.167. The Morgan fingerprint density at radius 1 is 1.09 bits per heavy atom. The van der Waals surface area contributed by atoms with Gasteiger partial charge in [0, 0.05) is 0 Å². The lowest BCUT2D eigenvalue weighted by molar-refractivity contribution is -0.177. The van der Waals surface area contributed by atoms with E-state index in [9.17, 15) is 32.3 Å². The molecule has 0 saturated carbocycles. The number of hydrogen-bond donors (Lipinski definition) is 1. The Balaban J connectivity index is 1.98. The molecule has 1 aliphatic heterocycles. The molecule has 0 aliphatic carbocycles. The van der Waals surface area contributed by atoms with Gasteiger partial charge in [0.2, 0.25) is 0 Å². The van der Waals surface area contributed by atoms with Gasteiger partial charge in [-0.3, -0.25) is 14.4 Å². The summed E-state index contributed by atoms with van der Waals surface area (Å²) in [4.78, 5) is 49.8. The summed E-state index contributed by atoms with van der Waals surface area (Å²) in [5, 5.41) is 1.39. The van der Waals surface area contributed by atoms with Crippen molar-refractivity contribution in [3.05, 3.63) is 35.4 Å². The molecule has 1 aromatic rings. The number of benzene rings is 1. The first-order chi connectivity index (χ1) is 10.2. The fourth-order valence-electron chi connectivity index (χ4n) is 1.64. The zero-order valence-electron chi connectivity index (χ0n) is 10.6. The summed E-state index contributed by atoms with van der Waals surface area (Å²) >= 11 is 0. The Bertz CT molecular complexity index is 636. The summed E-state index contributed by atoms with van der Waals surface area (Å²) in [6.07, 6.45) is -5.16. The van der Waals surface area contributed by atoms with Crippen LogP contribution >= 0.6 is 0 Å². The highest BCUT2D eigenvalue weighted by atomic mass is 19.4. The molecule has 10 heteroatoms. The number of hydroxylamine groups is 2. The molecule has 1 N–H and O–H groups in total. The average molecular weight is 316 g/mol. The molecule has 1 heterocycles. The van der Waals surface area contributed by atoms with Crippen LogP contribution in [0.4, 0.5) is 13.2 Å². The Labute approximate surface area is 120 Å². The highest BCUT2D eigenvalue weighted by Crippen LogP contribution is 2.22. The van der Waals surface area contributed by atoms with Crippen molar-refractivity contribution < 1.29 is 37.2 Å². The number of halogens is 3. The van der Waals surface area contributed by atoms with Gasteiger partial charge in [-0.15, -0.1) is 0 Å².